The van der Waals surface area contributed by atoms with Gasteiger partial charge in [-0.1, -0.05) is 58.4 Å². The van der Waals surface area contributed by atoms with Crippen molar-refractivity contribution in [2.24, 2.45) is 0 Å². The Balaban J connectivity index is 2.08. The van der Waals surface area contributed by atoms with Crippen molar-refractivity contribution in [1.82, 2.24) is 5.32 Å². The molecule has 0 amide bonds. The predicted molar refractivity (Wildman–Crippen MR) is 82.0 cm³/mol. The third-order valence-corrected chi connectivity index (χ3v) is 3.73. The van der Waals surface area contributed by atoms with Gasteiger partial charge in [-0.05, 0) is 30.2 Å². The van der Waals surface area contributed by atoms with Crippen molar-refractivity contribution in [3.8, 4) is 0 Å². The van der Waals surface area contributed by atoms with Crippen LogP contribution in [-0.2, 0) is 0 Å². The zero-order valence-electron chi connectivity index (χ0n) is 10.9. The second-order valence-electron chi connectivity index (χ2n) is 4.59. The van der Waals surface area contributed by atoms with E-state index in [0.29, 0.717) is 0 Å². The normalized spacial score (nSPS) is 14.1. The maximum absolute atomic E-state index is 9.55. The summed E-state index contributed by atoms with van der Waals surface area (Å²) < 4.78 is 1.07. The summed E-state index contributed by atoms with van der Waals surface area (Å²) >= 11 is 3.44. The first-order valence-corrected chi connectivity index (χ1v) is 7.17. The highest BCUT2D eigenvalue weighted by molar-refractivity contribution is 9.10. The molecule has 19 heavy (non-hydrogen) atoms. The molecule has 0 aliphatic heterocycles. The molecule has 0 saturated heterocycles. The molecule has 100 valence electrons. The van der Waals surface area contributed by atoms with Crippen molar-refractivity contribution in [2.45, 2.75) is 19.0 Å². The van der Waals surface area contributed by atoms with Crippen molar-refractivity contribution < 1.29 is 5.11 Å². The molecule has 0 aliphatic carbocycles. The lowest BCUT2D eigenvalue weighted by Gasteiger charge is -2.22. The Morgan fingerprint density at radius 3 is 2.21 bits per heavy atom. The number of nitrogens with one attached hydrogen (secondary N) is 1. The zero-order valence-corrected chi connectivity index (χ0v) is 12.5. The van der Waals surface area contributed by atoms with Gasteiger partial charge >= 0.3 is 0 Å². The molecule has 1 unspecified atom stereocenters. The molecule has 2 aromatic rings. The van der Waals surface area contributed by atoms with Gasteiger partial charge in [0.05, 0.1) is 12.6 Å². The summed E-state index contributed by atoms with van der Waals surface area (Å²) in [7, 11) is 0. The van der Waals surface area contributed by atoms with Crippen molar-refractivity contribution in [2.75, 3.05) is 6.61 Å². The van der Waals surface area contributed by atoms with E-state index in [1.165, 1.54) is 5.56 Å². The summed E-state index contributed by atoms with van der Waals surface area (Å²) in [5.74, 6) is 0. The Morgan fingerprint density at radius 1 is 1.00 bits per heavy atom. The van der Waals surface area contributed by atoms with Gasteiger partial charge in [0.25, 0.3) is 0 Å². The van der Waals surface area contributed by atoms with Gasteiger partial charge in [0.1, 0.15) is 0 Å². The van der Waals surface area contributed by atoms with Crippen molar-refractivity contribution >= 4 is 15.9 Å². The molecule has 0 fully saturated rings. The van der Waals surface area contributed by atoms with Crippen LogP contribution >= 0.6 is 15.9 Å². The van der Waals surface area contributed by atoms with E-state index in [9.17, 15) is 5.11 Å². The summed E-state index contributed by atoms with van der Waals surface area (Å²) in [5, 5.41) is 13.0. The van der Waals surface area contributed by atoms with E-state index in [1.54, 1.807) is 0 Å². The molecule has 0 aliphatic rings. The number of halogens is 1. The van der Waals surface area contributed by atoms with E-state index >= 15 is 0 Å². The van der Waals surface area contributed by atoms with Crippen LogP contribution in [0.1, 0.15) is 30.1 Å². The van der Waals surface area contributed by atoms with E-state index in [4.69, 9.17) is 0 Å². The number of aliphatic hydroxyl groups is 1. The lowest BCUT2D eigenvalue weighted by atomic mass is 10.0. The van der Waals surface area contributed by atoms with Crippen LogP contribution in [0.3, 0.4) is 0 Å². The molecule has 0 spiro atoms. The molecule has 0 radical (unpaired) electrons. The fraction of sp³-hybridized carbons (Fsp3) is 0.250. The average molecular weight is 320 g/mol. The zero-order chi connectivity index (χ0) is 13.7. The SMILES string of the molecule is CC(N[C@@H](CO)c1ccccc1)c1ccc(Br)cc1. The minimum Gasteiger partial charge on any atom is -0.394 e. The van der Waals surface area contributed by atoms with Gasteiger partial charge in [-0.15, -0.1) is 0 Å². The highest BCUT2D eigenvalue weighted by Crippen LogP contribution is 2.21. The molecule has 2 N–H and O–H groups in total. The predicted octanol–water partition coefficient (Wildman–Crippen LogP) is 3.83. The van der Waals surface area contributed by atoms with Crippen LogP contribution in [-0.4, -0.2) is 11.7 Å². The van der Waals surface area contributed by atoms with Crippen LogP contribution in [0.5, 0.6) is 0 Å². The van der Waals surface area contributed by atoms with Crippen LogP contribution in [0.15, 0.2) is 59.1 Å². The first-order chi connectivity index (χ1) is 9.20. The molecule has 2 rings (SSSR count). The molecule has 0 bridgehead atoms. The van der Waals surface area contributed by atoms with Crippen molar-refractivity contribution in [3.63, 3.8) is 0 Å². The van der Waals surface area contributed by atoms with Crippen LogP contribution in [0, 0.1) is 0 Å². The largest absolute Gasteiger partial charge is 0.394 e. The maximum atomic E-state index is 9.55. The minimum atomic E-state index is -0.0418. The number of rotatable bonds is 5. The molecule has 2 nitrogen and oxygen atoms in total. The Morgan fingerprint density at radius 2 is 1.63 bits per heavy atom. The number of hydrogen-bond acceptors (Lipinski definition) is 2. The third-order valence-electron chi connectivity index (χ3n) is 3.21. The van der Waals surface area contributed by atoms with Gasteiger partial charge in [0, 0.05) is 10.5 Å². The van der Waals surface area contributed by atoms with Crippen LogP contribution in [0.2, 0.25) is 0 Å². The van der Waals surface area contributed by atoms with E-state index < -0.39 is 0 Å². The fourth-order valence-electron chi connectivity index (χ4n) is 2.09. The topological polar surface area (TPSA) is 32.3 Å². The second kappa shape index (κ2) is 6.85. The van der Waals surface area contributed by atoms with Gasteiger partial charge in [0.2, 0.25) is 0 Å². The minimum absolute atomic E-state index is 0.0418. The van der Waals surface area contributed by atoms with Crippen molar-refractivity contribution in [1.29, 1.82) is 0 Å². The number of aliphatic hydroxyl groups excluding tert-OH is 1. The van der Waals surface area contributed by atoms with E-state index in [-0.39, 0.29) is 18.7 Å². The molecule has 0 heterocycles. The summed E-state index contributed by atoms with van der Waals surface area (Å²) in [5.41, 5.74) is 2.31. The lowest BCUT2D eigenvalue weighted by Crippen LogP contribution is -2.27. The summed E-state index contributed by atoms with van der Waals surface area (Å²) in [6.45, 7) is 2.19. The lowest BCUT2D eigenvalue weighted by molar-refractivity contribution is 0.235. The highest BCUT2D eigenvalue weighted by Gasteiger charge is 2.14. The van der Waals surface area contributed by atoms with Gasteiger partial charge in [-0.2, -0.15) is 0 Å². The van der Waals surface area contributed by atoms with Gasteiger partial charge in [-0.25, -0.2) is 0 Å². The summed E-state index contributed by atoms with van der Waals surface area (Å²) in [4.78, 5) is 0. The third kappa shape index (κ3) is 3.90. The van der Waals surface area contributed by atoms with Gasteiger partial charge in [-0.3, -0.25) is 0 Å². The average Bonchev–Trinajstić information content (AvgIpc) is 2.46. The molecule has 0 aromatic heterocycles. The number of hydrogen-bond donors (Lipinski definition) is 2. The maximum Gasteiger partial charge on any atom is 0.0626 e. The first-order valence-electron chi connectivity index (χ1n) is 6.38. The van der Waals surface area contributed by atoms with Crippen LogP contribution < -0.4 is 5.32 Å². The van der Waals surface area contributed by atoms with E-state index in [1.807, 2.05) is 42.5 Å². The monoisotopic (exact) mass is 319 g/mol. The Hall–Kier alpha value is -1.16. The van der Waals surface area contributed by atoms with E-state index in [2.05, 4.69) is 40.3 Å². The summed E-state index contributed by atoms with van der Waals surface area (Å²) in [6.07, 6.45) is 0. The van der Waals surface area contributed by atoms with Crippen LogP contribution in [0.25, 0.3) is 0 Å². The smallest absolute Gasteiger partial charge is 0.0626 e. The Kier molecular flexibility index (Phi) is 5.14. The van der Waals surface area contributed by atoms with E-state index in [0.717, 1.165) is 10.0 Å². The quantitative estimate of drug-likeness (QED) is 0.877. The Labute approximate surface area is 122 Å². The van der Waals surface area contributed by atoms with Gasteiger partial charge < -0.3 is 10.4 Å². The molecule has 0 saturated carbocycles. The first kappa shape index (κ1) is 14.3. The fourth-order valence-corrected chi connectivity index (χ4v) is 2.35. The van der Waals surface area contributed by atoms with Gasteiger partial charge in [0.15, 0.2) is 0 Å². The molecular formula is C16H18BrNO. The highest BCUT2D eigenvalue weighted by atomic mass is 79.9. The van der Waals surface area contributed by atoms with Crippen LogP contribution in [0.4, 0.5) is 0 Å². The standard InChI is InChI=1S/C16H18BrNO/c1-12(13-7-9-15(17)10-8-13)18-16(11-19)14-5-3-2-4-6-14/h2-10,12,16,18-19H,11H2,1H3/t12?,16-/m0/s1. The Bertz CT molecular complexity index is 498. The van der Waals surface area contributed by atoms with Crippen molar-refractivity contribution in [3.05, 3.63) is 70.2 Å². The molecule has 3 heteroatoms. The second-order valence-corrected chi connectivity index (χ2v) is 5.50. The molecular weight excluding hydrogens is 302 g/mol. The molecule has 2 atom stereocenters. The number of benzene rings is 2. The molecule has 2 aromatic carbocycles. The summed E-state index contributed by atoms with van der Waals surface area (Å²) in [6, 6.07) is 18.4.